The highest BCUT2D eigenvalue weighted by molar-refractivity contribution is 5.31. The number of rotatable bonds is 3. The Hall–Kier alpha value is -0.820. The van der Waals surface area contributed by atoms with Crippen LogP contribution in [0.15, 0.2) is 24.3 Å². The maximum atomic E-state index is 2.47. The Morgan fingerprint density at radius 3 is 2.75 bits per heavy atom. The van der Waals surface area contributed by atoms with Gasteiger partial charge < -0.3 is 4.90 Å². The summed E-state index contributed by atoms with van der Waals surface area (Å²) in [6.45, 7) is 6.97. The average Bonchev–Trinajstić information content (AvgIpc) is 2.62. The van der Waals surface area contributed by atoms with Crippen LogP contribution in [0.3, 0.4) is 0 Å². The predicted octanol–water partition coefficient (Wildman–Crippen LogP) is 3.37. The minimum Gasteiger partial charge on any atom is -0.305 e. The monoisotopic (exact) mass is 217 g/mol. The van der Waals surface area contributed by atoms with Crippen LogP contribution in [0.1, 0.15) is 37.3 Å². The molecule has 0 N–H and O–H groups in total. The minimum atomic E-state index is 0.426. The smallest absolute Gasteiger partial charge is 0.00923 e. The summed E-state index contributed by atoms with van der Waals surface area (Å²) in [6, 6.07) is 9.11. The SMILES string of the molecule is CCCC1(c2cccc(C)c2)CCN(C)C1. The molecule has 1 heteroatoms. The van der Waals surface area contributed by atoms with E-state index in [1.165, 1.54) is 37.9 Å². The van der Waals surface area contributed by atoms with Gasteiger partial charge in [0.1, 0.15) is 0 Å². The molecule has 1 heterocycles. The largest absolute Gasteiger partial charge is 0.305 e. The van der Waals surface area contributed by atoms with Crippen LogP contribution in [0.5, 0.6) is 0 Å². The van der Waals surface area contributed by atoms with E-state index >= 15 is 0 Å². The summed E-state index contributed by atoms with van der Waals surface area (Å²) in [6.07, 6.45) is 3.92. The molecule has 88 valence electrons. The third-order valence-corrected chi connectivity index (χ3v) is 3.90. The van der Waals surface area contributed by atoms with Gasteiger partial charge in [0.05, 0.1) is 0 Å². The highest BCUT2D eigenvalue weighted by atomic mass is 15.1. The highest BCUT2D eigenvalue weighted by Crippen LogP contribution is 2.38. The van der Waals surface area contributed by atoms with Gasteiger partial charge in [-0.05, 0) is 38.9 Å². The van der Waals surface area contributed by atoms with Gasteiger partial charge in [-0.1, -0.05) is 43.2 Å². The summed E-state index contributed by atoms with van der Waals surface area (Å²) in [5.41, 5.74) is 3.37. The second-order valence-electron chi connectivity index (χ2n) is 5.39. The van der Waals surface area contributed by atoms with Crippen molar-refractivity contribution in [2.45, 2.75) is 38.5 Å². The molecule has 0 aliphatic carbocycles. The second-order valence-corrected chi connectivity index (χ2v) is 5.39. The van der Waals surface area contributed by atoms with Crippen molar-refractivity contribution in [2.75, 3.05) is 20.1 Å². The normalized spacial score (nSPS) is 26.2. The van der Waals surface area contributed by atoms with E-state index < -0.39 is 0 Å². The summed E-state index contributed by atoms with van der Waals surface area (Å²) in [7, 11) is 2.24. The Morgan fingerprint density at radius 2 is 2.19 bits per heavy atom. The van der Waals surface area contributed by atoms with E-state index in [2.05, 4.69) is 50.1 Å². The third-order valence-electron chi connectivity index (χ3n) is 3.90. The van der Waals surface area contributed by atoms with Crippen molar-refractivity contribution in [3.63, 3.8) is 0 Å². The predicted molar refractivity (Wildman–Crippen MR) is 69.9 cm³/mol. The zero-order valence-electron chi connectivity index (χ0n) is 10.8. The molecule has 1 unspecified atom stereocenters. The number of hydrogen-bond donors (Lipinski definition) is 0. The first-order chi connectivity index (χ1) is 7.66. The van der Waals surface area contributed by atoms with Crippen molar-refractivity contribution >= 4 is 0 Å². The summed E-state index contributed by atoms with van der Waals surface area (Å²) >= 11 is 0. The van der Waals surface area contributed by atoms with Gasteiger partial charge >= 0.3 is 0 Å². The average molecular weight is 217 g/mol. The van der Waals surface area contributed by atoms with Crippen molar-refractivity contribution in [3.8, 4) is 0 Å². The van der Waals surface area contributed by atoms with Crippen molar-refractivity contribution in [2.24, 2.45) is 0 Å². The maximum absolute atomic E-state index is 2.47. The number of benzene rings is 1. The molecule has 0 bridgehead atoms. The molecule has 1 aliphatic heterocycles. The van der Waals surface area contributed by atoms with Gasteiger partial charge in [-0.25, -0.2) is 0 Å². The van der Waals surface area contributed by atoms with Crippen LogP contribution < -0.4 is 0 Å². The Kier molecular flexibility index (Phi) is 3.34. The highest BCUT2D eigenvalue weighted by Gasteiger charge is 2.37. The fourth-order valence-corrected chi connectivity index (χ4v) is 3.12. The van der Waals surface area contributed by atoms with Crippen LogP contribution in [-0.4, -0.2) is 25.0 Å². The van der Waals surface area contributed by atoms with E-state index in [4.69, 9.17) is 0 Å². The first kappa shape index (κ1) is 11.7. The molecule has 16 heavy (non-hydrogen) atoms. The van der Waals surface area contributed by atoms with Crippen molar-refractivity contribution in [1.29, 1.82) is 0 Å². The fourth-order valence-electron chi connectivity index (χ4n) is 3.12. The van der Waals surface area contributed by atoms with Gasteiger partial charge in [0.25, 0.3) is 0 Å². The molecule has 2 rings (SSSR count). The van der Waals surface area contributed by atoms with Crippen LogP contribution in [0, 0.1) is 6.92 Å². The topological polar surface area (TPSA) is 3.24 Å². The molecule has 1 aromatic carbocycles. The molecular formula is C15H23N. The minimum absolute atomic E-state index is 0.426. The first-order valence-electron chi connectivity index (χ1n) is 6.42. The molecule has 1 nitrogen and oxygen atoms in total. The van der Waals surface area contributed by atoms with Crippen molar-refractivity contribution in [1.82, 2.24) is 4.90 Å². The molecule has 1 aromatic rings. The molecule has 0 radical (unpaired) electrons. The van der Waals surface area contributed by atoms with Crippen molar-refractivity contribution < 1.29 is 0 Å². The van der Waals surface area contributed by atoms with E-state index in [0.717, 1.165) is 0 Å². The van der Waals surface area contributed by atoms with Gasteiger partial charge in [0.2, 0.25) is 0 Å². The summed E-state index contributed by atoms with van der Waals surface area (Å²) in [5, 5.41) is 0. The van der Waals surface area contributed by atoms with E-state index in [9.17, 15) is 0 Å². The molecule has 0 spiro atoms. The zero-order chi connectivity index (χ0) is 11.6. The lowest BCUT2D eigenvalue weighted by Gasteiger charge is -2.29. The molecule has 0 saturated carbocycles. The van der Waals surface area contributed by atoms with Gasteiger partial charge in [0.15, 0.2) is 0 Å². The molecule has 1 atom stereocenters. The number of aryl methyl sites for hydroxylation is 1. The van der Waals surface area contributed by atoms with E-state index in [1.54, 1.807) is 5.56 Å². The van der Waals surface area contributed by atoms with Gasteiger partial charge in [-0.15, -0.1) is 0 Å². The maximum Gasteiger partial charge on any atom is 0.00923 e. The van der Waals surface area contributed by atoms with Gasteiger partial charge in [0, 0.05) is 12.0 Å². The molecule has 1 saturated heterocycles. The molecular weight excluding hydrogens is 194 g/mol. The lowest BCUT2D eigenvalue weighted by Crippen LogP contribution is -2.29. The quantitative estimate of drug-likeness (QED) is 0.750. The molecule has 0 amide bonds. The first-order valence-corrected chi connectivity index (χ1v) is 6.42. The number of nitrogens with zero attached hydrogens (tertiary/aromatic N) is 1. The number of likely N-dealkylation sites (tertiary alicyclic amines) is 1. The van der Waals surface area contributed by atoms with E-state index in [-0.39, 0.29) is 0 Å². The van der Waals surface area contributed by atoms with E-state index in [0.29, 0.717) is 5.41 Å². The van der Waals surface area contributed by atoms with Gasteiger partial charge in [-0.2, -0.15) is 0 Å². The lowest BCUT2D eigenvalue weighted by molar-refractivity contribution is 0.351. The molecule has 1 aliphatic rings. The third kappa shape index (κ3) is 2.15. The number of likely N-dealkylation sites (N-methyl/N-ethyl adjacent to an activating group) is 1. The number of hydrogen-bond acceptors (Lipinski definition) is 1. The Bertz CT molecular complexity index is 354. The van der Waals surface area contributed by atoms with Crippen LogP contribution in [0.25, 0.3) is 0 Å². The molecule has 1 fully saturated rings. The van der Waals surface area contributed by atoms with Crippen molar-refractivity contribution in [3.05, 3.63) is 35.4 Å². The standard InChI is InChI=1S/C15H23N/c1-4-8-15(9-10-16(3)12-15)14-7-5-6-13(2)11-14/h5-7,11H,4,8-10,12H2,1-3H3. The Balaban J connectivity index is 2.32. The van der Waals surface area contributed by atoms with Crippen LogP contribution in [0.4, 0.5) is 0 Å². The lowest BCUT2D eigenvalue weighted by atomic mass is 9.76. The zero-order valence-corrected chi connectivity index (χ0v) is 10.8. The fraction of sp³-hybridized carbons (Fsp3) is 0.600. The summed E-state index contributed by atoms with van der Waals surface area (Å²) < 4.78 is 0. The Labute approximate surface area is 99.5 Å². The Morgan fingerprint density at radius 1 is 1.38 bits per heavy atom. The summed E-state index contributed by atoms with van der Waals surface area (Å²) in [4.78, 5) is 2.47. The van der Waals surface area contributed by atoms with E-state index in [1.807, 2.05) is 0 Å². The van der Waals surface area contributed by atoms with Crippen LogP contribution >= 0.6 is 0 Å². The van der Waals surface area contributed by atoms with Gasteiger partial charge in [-0.3, -0.25) is 0 Å². The summed E-state index contributed by atoms with van der Waals surface area (Å²) in [5.74, 6) is 0. The van der Waals surface area contributed by atoms with Crippen LogP contribution in [-0.2, 0) is 5.41 Å². The second kappa shape index (κ2) is 4.58. The molecule has 0 aromatic heterocycles. The van der Waals surface area contributed by atoms with Crippen LogP contribution in [0.2, 0.25) is 0 Å².